The van der Waals surface area contributed by atoms with E-state index < -0.39 is 0 Å². The van der Waals surface area contributed by atoms with Crippen molar-refractivity contribution in [3.05, 3.63) is 0 Å². The van der Waals surface area contributed by atoms with Crippen LogP contribution in [-0.2, 0) is 0 Å². The summed E-state index contributed by atoms with van der Waals surface area (Å²) >= 11 is 2.08. The van der Waals surface area contributed by atoms with Gasteiger partial charge in [-0.25, -0.2) is 0 Å². The molecule has 0 aromatic carbocycles. The molecule has 0 aliphatic carbocycles. The van der Waals surface area contributed by atoms with Gasteiger partial charge >= 0.3 is 0 Å². The quantitative estimate of drug-likeness (QED) is 0.360. The molecule has 0 amide bonds. The predicted molar refractivity (Wildman–Crippen MR) is 125 cm³/mol. The van der Waals surface area contributed by atoms with Crippen LogP contribution in [0.25, 0.3) is 0 Å². The number of guanidine groups is 1. The summed E-state index contributed by atoms with van der Waals surface area (Å²) < 4.78 is 0. The molecule has 3 rings (SSSR count). The highest BCUT2D eigenvalue weighted by Crippen LogP contribution is 2.31. The van der Waals surface area contributed by atoms with E-state index in [1.807, 2.05) is 7.05 Å². The van der Waals surface area contributed by atoms with Gasteiger partial charge in [-0.3, -0.25) is 4.99 Å². The Hall–Kier alpha value is 0.270. The van der Waals surface area contributed by atoms with E-state index in [2.05, 4.69) is 50.9 Å². The van der Waals surface area contributed by atoms with Crippen molar-refractivity contribution in [2.24, 2.45) is 10.9 Å². The van der Waals surface area contributed by atoms with E-state index in [1.165, 1.54) is 69.8 Å². The zero-order chi connectivity index (χ0) is 17.7. The number of likely N-dealkylation sites (tertiary alicyclic amines) is 2. The number of piperidine rings is 1. The molecule has 3 heterocycles. The van der Waals surface area contributed by atoms with Crippen molar-refractivity contribution >= 4 is 41.7 Å². The van der Waals surface area contributed by atoms with E-state index in [0.29, 0.717) is 0 Å². The summed E-state index contributed by atoms with van der Waals surface area (Å²) in [5.74, 6) is 4.42. The molecule has 3 fully saturated rings. The Kier molecular flexibility index (Phi) is 9.30. The number of hydrogen-bond donors (Lipinski definition) is 1. The Morgan fingerprint density at radius 3 is 2.62 bits per heavy atom. The van der Waals surface area contributed by atoms with Crippen molar-refractivity contribution in [1.82, 2.24) is 20.0 Å². The molecular formula is C19H38IN5S. The van der Waals surface area contributed by atoms with Crippen LogP contribution in [0.5, 0.6) is 0 Å². The van der Waals surface area contributed by atoms with Gasteiger partial charge in [0, 0.05) is 44.5 Å². The molecule has 3 aliphatic rings. The van der Waals surface area contributed by atoms with Crippen molar-refractivity contribution in [2.75, 3.05) is 71.9 Å². The van der Waals surface area contributed by atoms with Crippen LogP contribution in [-0.4, -0.2) is 98.1 Å². The second-order valence-corrected chi connectivity index (χ2v) is 9.39. The van der Waals surface area contributed by atoms with Crippen LogP contribution in [0.1, 0.15) is 32.1 Å². The lowest BCUT2D eigenvalue weighted by molar-refractivity contribution is 0.181. The summed E-state index contributed by atoms with van der Waals surface area (Å²) in [5, 5.41) is 3.71. The minimum Gasteiger partial charge on any atom is -0.354 e. The van der Waals surface area contributed by atoms with Gasteiger partial charge in [-0.15, -0.1) is 24.0 Å². The molecule has 0 spiro atoms. The molecule has 0 radical (unpaired) electrons. The van der Waals surface area contributed by atoms with Crippen LogP contribution in [0.3, 0.4) is 0 Å². The molecule has 3 saturated heterocycles. The molecule has 0 aromatic rings. The summed E-state index contributed by atoms with van der Waals surface area (Å²) in [5.41, 5.74) is 0.285. The second-order valence-electron chi connectivity index (χ2n) is 8.28. The highest BCUT2D eigenvalue weighted by Gasteiger charge is 2.37. The third-order valence-electron chi connectivity index (χ3n) is 6.37. The van der Waals surface area contributed by atoms with Gasteiger partial charge in [0.15, 0.2) is 5.96 Å². The molecule has 0 saturated carbocycles. The number of likely N-dealkylation sites (N-methyl/N-ethyl adjacent to an activating group) is 1. The standard InChI is InChI=1S/C19H37N5S.HI/c1-20-18(21-15-19(22(2)3)8-12-25-16-19)24-11-7-17(14-24)13-23-9-5-4-6-10-23;/h17H,4-16H2,1-3H3,(H,20,21);1H. The molecule has 3 aliphatic heterocycles. The van der Waals surface area contributed by atoms with Gasteiger partial charge in [-0.1, -0.05) is 6.42 Å². The van der Waals surface area contributed by atoms with Crippen LogP contribution in [0, 0.1) is 5.92 Å². The average molecular weight is 496 g/mol. The Labute approximate surface area is 181 Å². The average Bonchev–Trinajstić information content (AvgIpc) is 3.27. The maximum atomic E-state index is 4.60. The Morgan fingerprint density at radius 1 is 1.23 bits per heavy atom. The lowest BCUT2D eigenvalue weighted by Gasteiger charge is -2.37. The number of hydrogen-bond acceptors (Lipinski definition) is 4. The van der Waals surface area contributed by atoms with Crippen LogP contribution in [0.15, 0.2) is 4.99 Å². The van der Waals surface area contributed by atoms with E-state index in [4.69, 9.17) is 0 Å². The van der Waals surface area contributed by atoms with Gasteiger partial charge in [0.25, 0.3) is 0 Å². The Bertz CT molecular complexity index is 447. The zero-order valence-corrected chi connectivity index (χ0v) is 20.0. The van der Waals surface area contributed by atoms with Gasteiger partial charge in [0.1, 0.15) is 0 Å². The fourth-order valence-electron chi connectivity index (χ4n) is 4.50. The largest absolute Gasteiger partial charge is 0.354 e. The first-order valence-electron chi connectivity index (χ1n) is 10.1. The number of nitrogens with zero attached hydrogens (tertiary/aromatic N) is 4. The van der Waals surface area contributed by atoms with Gasteiger partial charge in [-0.05, 0) is 64.5 Å². The third-order valence-corrected chi connectivity index (χ3v) is 7.60. The minimum absolute atomic E-state index is 0. The summed E-state index contributed by atoms with van der Waals surface area (Å²) in [6.45, 7) is 7.24. The summed E-state index contributed by atoms with van der Waals surface area (Å²) in [4.78, 5) is 12.2. The Balaban J connectivity index is 0.00000243. The maximum absolute atomic E-state index is 4.60. The number of rotatable bonds is 5. The fourth-order valence-corrected chi connectivity index (χ4v) is 6.06. The molecule has 5 nitrogen and oxygen atoms in total. The lowest BCUT2D eigenvalue weighted by atomic mass is 9.97. The number of nitrogens with one attached hydrogen (secondary N) is 1. The SMILES string of the molecule is CN=C(NCC1(N(C)C)CCSC1)N1CCC(CN2CCCCC2)C1.I. The highest BCUT2D eigenvalue weighted by atomic mass is 127. The highest BCUT2D eigenvalue weighted by molar-refractivity contribution is 14.0. The predicted octanol–water partition coefficient (Wildman–Crippen LogP) is 2.42. The second kappa shape index (κ2) is 10.7. The summed E-state index contributed by atoms with van der Waals surface area (Å²) in [6.07, 6.45) is 6.79. The molecular weight excluding hydrogens is 457 g/mol. The van der Waals surface area contributed by atoms with Gasteiger partial charge in [0.05, 0.1) is 0 Å². The van der Waals surface area contributed by atoms with Crippen LogP contribution >= 0.6 is 35.7 Å². The third kappa shape index (κ3) is 5.64. The van der Waals surface area contributed by atoms with E-state index in [9.17, 15) is 0 Å². The normalized spacial score (nSPS) is 30.7. The van der Waals surface area contributed by atoms with Crippen molar-refractivity contribution in [3.8, 4) is 0 Å². The first-order chi connectivity index (χ1) is 12.1. The summed E-state index contributed by atoms with van der Waals surface area (Å²) in [6, 6.07) is 0. The van der Waals surface area contributed by atoms with Crippen molar-refractivity contribution in [2.45, 2.75) is 37.6 Å². The first-order valence-corrected chi connectivity index (χ1v) is 11.2. The van der Waals surface area contributed by atoms with Gasteiger partial charge in [0.2, 0.25) is 0 Å². The molecule has 152 valence electrons. The van der Waals surface area contributed by atoms with Crippen LogP contribution in [0.2, 0.25) is 0 Å². The van der Waals surface area contributed by atoms with Crippen molar-refractivity contribution in [1.29, 1.82) is 0 Å². The molecule has 0 aromatic heterocycles. The summed E-state index contributed by atoms with van der Waals surface area (Å²) in [7, 11) is 6.38. The minimum atomic E-state index is 0. The number of halogens is 1. The Morgan fingerprint density at radius 2 is 2.00 bits per heavy atom. The van der Waals surface area contributed by atoms with E-state index in [0.717, 1.165) is 25.0 Å². The molecule has 2 unspecified atom stereocenters. The first kappa shape index (κ1) is 22.6. The monoisotopic (exact) mass is 495 g/mol. The topological polar surface area (TPSA) is 34.1 Å². The smallest absolute Gasteiger partial charge is 0.193 e. The number of thioether (sulfide) groups is 1. The van der Waals surface area contributed by atoms with Gasteiger partial charge < -0.3 is 20.0 Å². The fraction of sp³-hybridized carbons (Fsp3) is 0.947. The van der Waals surface area contributed by atoms with E-state index in [-0.39, 0.29) is 29.5 Å². The van der Waals surface area contributed by atoms with Crippen molar-refractivity contribution < 1.29 is 0 Å². The maximum Gasteiger partial charge on any atom is 0.193 e. The van der Waals surface area contributed by atoms with Crippen LogP contribution in [0.4, 0.5) is 0 Å². The van der Waals surface area contributed by atoms with Crippen LogP contribution < -0.4 is 5.32 Å². The number of aliphatic imine (C=N–C) groups is 1. The lowest BCUT2D eigenvalue weighted by Crippen LogP contribution is -2.55. The molecule has 26 heavy (non-hydrogen) atoms. The molecule has 1 N–H and O–H groups in total. The van der Waals surface area contributed by atoms with E-state index in [1.54, 1.807) is 0 Å². The zero-order valence-electron chi connectivity index (χ0n) is 16.9. The molecule has 0 bridgehead atoms. The molecule has 2 atom stereocenters. The van der Waals surface area contributed by atoms with Crippen molar-refractivity contribution in [3.63, 3.8) is 0 Å². The van der Waals surface area contributed by atoms with Gasteiger partial charge in [-0.2, -0.15) is 11.8 Å². The molecule has 7 heteroatoms. The van der Waals surface area contributed by atoms with E-state index >= 15 is 0 Å².